The van der Waals surface area contributed by atoms with Crippen LogP contribution in [-0.4, -0.2) is 16.9 Å². The van der Waals surface area contributed by atoms with Gasteiger partial charge in [0.05, 0.1) is 6.42 Å². The number of carboxylic acid groups (broad SMARTS) is 1. The molecule has 0 spiro atoms. The van der Waals surface area contributed by atoms with E-state index in [1.165, 1.54) is 6.92 Å². The molecule has 108 valence electrons. The molecule has 0 aliphatic rings. The van der Waals surface area contributed by atoms with Crippen molar-refractivity contribution in [3.05, 3.63) is 65.2 Å². The lowest BCUT2D eigenvalue weighted by Gasteiger charge is -2.07. The fourth-order valence-corrected chi connectivity index (χ4v) is 1.88. The summed E-state index contributed by atoms with van der Waals surface area (Å²) in [6.07, 6.45) is 0.0215. The Morgan fingerprint density at radius 2 is 1.52 bits per heavy atom. The Morgan fingerprint density at radius 3 is 2.05 bits per heavy atom. The van der Waals surface area contributed by atoms with Gasteiger partial charge in [-0.05, 0) is 42.3 Å². The Hall–Kier alpha value is -2.62. The number of carbonyl (C=O) groups is 2. The Balaban J connectivity index is 1.93. The third-order valence-corrected chi connectivity index (χ3v) is 3.04. The monoisotopic (exact) mass is 284 g/mol. The average molecular weight is 284 g/mol. The summed E-state index contributed by atoms with van der Waals surface area (Å²) in [7, 11) is 0. The molecule has 2 aromatic carbocycles. The van der Waals surface area contributed by atoms with Crippen molar-refractivity contribution in [2.75, 3.05) is 0 Å². The minimum atomic E-state index is -0.843. The smallest absolute Gasteiger partial charge is 0.307 e. The second-order valence-electron chi connectivity index (χ2n) is 4.76. The van der Waals surface area contributed by atoms with Crippen LogP contribution in [0.4, 0.5) is 0 Å². The highest BCUT2D eigenvalue weighted by atomic mass is 16.5. The molecule has 0 fully saturated rings. The zero-order valence-electron chi connectivity index (χ0n) is 11.7. The van der Waals surface area contributed by atoms with Crippen LogP contribution < -0.4 is 4.74 Å². The first-order valence-corrected chi connectivity index (χ1v) is 6.58. The van der Waals surface area contributed by atoms with Crippen molar-refractivity contribution in [1.29, 1.82) is 0 Å². The van der Waals surface area contributed by atoms with Crippen molar-refractivity contribution in [1.82, 2.24) is 0 Å². The fraction of sp³-hybridized carbons (Fsp3) is 0.176. The van der Waals surface area contributed by atoms with E-state index >= 15 is 0 Å². The molecule has 0 bridgehead atoms. The van der Waals surface area contributed by atoms with Gasteiger partial charge in [0, 0.05) is 5.56 Å². The van der Waals surface area contributed by atoms with Crippen LogP contribution in [0.1, 0.15) is 28.4 Å². The molecule has 0 aliphatic carbocycles. The van der Waals surface area contributed by atoms with E-state index in [0.717, 1.165) is 11.1 Å². The van der Waals surface area contributed by atoms with Crippen molar-refractivity contribution in [3.8, 4) is 5.75 Å². The summed E-state index contributed by atoms with van der Waals surface area (Å²) in [5.74, 6) is -0.130. The van der Waals surface area contributed by atoms with Crippen molar-refractivity contribution in [2.45, 2.75) is 20.0 Å². The van der Waals surface area contributed by atoms with Crippen LogP contribution in [0.3, 0.4) is 0 Å². The highest BCUT2D eigenvalue weighted by Crippen LogP contribution is 2.15. The van der Waals surface area contributed by atoms with E-state index in [-0.39, 0.29) is 12.2 Å². The standard InChI is InChI=1S/C17H16O4/c1-12(18)15-6-8-16(9-7-15)21-11-14-4-2-13(3-5-14)10-17(19)20/h2-9H,10-11H2,1H3,(H,19,20). The predicted octanol–water partition coefficient (Wildman–Crippen LogP) is 3.10. The van der Waals surface area contributed by atoms with Crippen molar-refractivity contribution in [2.24, 2.45) is 0 Å². The van der Waals surface area contributed by atoms with Gasteiger partial charge in [-0.25, -0.2) is 0 Å². The molecule has 0 amide bonds. The fourth-order valence-electron chi connectivity index (χ4n) is 1.88. The van der Waals surface area contributed by atoms with Gasteiger partial charge in [0.15, 0.2) is 5.78 Å². The molecule has 21 heavy (non-hydrogen) atoms. The van der Waals surface area contributed by atoms with Gasteiger partial charge in [0.1, 0.15) is 12.4 Å². The lowest BCUT2D eigenvalue weighted by molar-refractivity contribution is -0.136. The quantitative estimate of drug-likeness (QED) is 0.828. The molecule has 2 aromatic rings. The highest BCUT2D eigenvalue weighted by Gasteiger charge is 2.02. The lowest BCUT2D eigenvalue weighted by Crippen LogP contribution is -2.01. The largest absolute Gasteiger partial charge is 0.489 e. The molecular formula is C17H16O4. The second kappa shape index (κ2) is 6.70. The van der Waals surface area contributed by atoms with Crippen LogP contribution in [-0.2, 0) is 17.8 Å². The molecule has 0 saturated carbocycles. The number of ketones is 1. The Bertz CT molecular complexity index is 627. The van der Waals surface area contributed by atoms with Crippen LogP contribution in [0, 0.1) is 0 Å². The summed E-state index contributed by atoms with van der Waals surface area (Å²) in [4.78, 5) is 21.8. The molecule has 0 atom stereocenters. The number of aliphatic carboxylic acids is 1. The molecule has 0 saturated heterocycles. The Labute approximate surface area is 123 Å². The molecule has 0 radical (unpaired) electrons. The maximum Gasteiger partial charge on any atom is 0.307 e. The van der Waals surface area contributed by atoms with Crippen LogP contribution in [0.2, 0.25) is 0 Å². The van der Waals surface area contributed by atoms with Crippen molar-refractivity contribution >= 4 is 11.8 Å². The number of hydrogen-bond acceptors (Lipinski definition) is 3. The topological polar surface area (TPSA) is 63.6 Å². The van der Waals surface area contributed by atoms with Crippen molar-refractivity contribution < 1.29 is 19.4 Å². The van der Waals surface area contributed by atoms with Gasteiger partial charge in [-0.2, -0.15) is 0 Å². The van der Waals surface area contributed by atoms with E-state index < -0.39 is 5.97 Å². The minimum absolute atomic E-state index is 0.0215. The summed E-state index contributed by atoms with van der Waals surface area (Å²) in [5, 5.41) is 8.70. The summed E-state index contributed by atoms with van der Waals surface area (Å²) >= 11 is 0. The average Bonchev–Trinajstić information content (AvgIpc) is 2.46. The number of benzene rings is 2. The Kier molecular flexibility index (Phi) is 4.72. The van der Waals surface area contributed by atoms with Crippen LogP contribution in [0.15, 0.2) is 48.5 Å². The number of ether oxygens (including phenoxy) is 1. The van der Waals surface area contributed by atoms with Gasteiger partial charge >= 0.3 is 5.97 Å². The third kappa shape index (κ3) is 4.45. The first kappa shape index (κ1) is 14.8. The number of hydrogen-bond donors (Lipinski definition) is 1. The summed E-state index contributed by atoms with van der Waals surface area (Å²) in [5.41, 5.74) is 2.37. The first-order valence-electron chi connectivity index (χ1n) is 6.58. The van der Waals surface area contributed by atoms with E-state index in [4.69, 9.17) is 9.84 Å². The van der Waals surface area contributed by atoms with Gasteiger partial charge in [-0.1, -0.05) is 24.3 Å². The van der Waals surface area contributed by atoms with Gasteiger partial charge in [-0.15, -0.1) is 0 Å². The SMILES string of the molecule is CC(=O)c1ccc(OCc2ccc(CC(=O)O)cc2)cc1. The zero-order valence-corrected chi connectivity index (χ0v) is 11.7. The summed E-state index contributed by atoms with van der Waals surface area (Å²) in [6.45, 7) is 1.92. The van der Waals surface area contributed by atoms with Gasteiger partial charge < -0.3 is 9.84 Å². The number of carbonyl (C=O) groups excluding carboxylic acids is 1. The number of rotatable bonds is 6. The molecular weight excluding hydrogens is 268 g/mol. The maximum atomic E-state index is 11.2. The lowest BCUT2D eigenvalue weighted by atomic mass is 10.1. The van der Waals surface area contributed by atoms with Crippen LogP contribution >= 0.6 is 0 Å². The van der Waals surface area contributed by atoms with Crippen LogP contribution in [0.5, 0.6) is 5.75 Å². The highest BCUT2D eigenvalue weighted by molar-refractivity contribution is 5.94. The van der Waals surface area contributed by atoms with E-state index in [1.54, 1.807) is 36.4 Å². The second-order valence-corrected chi connectivity index (χ2v) is 4.76. The van der Waals surface area contributed by atoms with Gasteiger partial charge in [-0.3, -0.25) is 9.59 Å². The van der Waals surface area contributed by atoms with E-state index in [0.29, 0.717) is 17.9 Å². The first-order chi connectivity index (χ1) is 10.0. The molecule has 0 aromatic heterocycles. The molecule has 0 aliphatic heterocycles. The maximum absolute atomic E-state index is 11.2. The molecule has 4 heteroatoms. The van der Waals surface area contributed by atoms with E-state index in [1.807, 2.05) is 12.1 Å². The summed E-state index contributed by atoms with van der Waals surface area (Å²) < 4.78 is 5.62. The number of Topliss-reactive ketones (excluding diaryl/α,β-unsaturated/α-hetero) is 1. The molecule has 1 N–H and O–H groups in total. The molecule has 2 rings (SSSR count). The number of carboxylic acids is 1. The van der Waals surface area contributed by atoms with Gasteiger partial charge in [0.2, 0.25) is 0 Å². The van der Waals surface area contributed by atoms with Crippen molar-refractivity contribution in [3.63, 3.8) is 0 Å². The molecule has 0 heterocycles. The normalized spacial score (nSPS) is 10.1. The van der Waals surface area contributed by atoms with E-state index in [2.05, 4.69) is 0 Å². The Morgan fingerprint density at radius 1 is 0.952 bits per heavy atom. The summed E-state index contributed by atoms with van der Waals surface area (Å²) in [6, 6.07) is 14.2. The predicted molar refractivity (Wildman–Crippen MR) is 78.6 cm³/mol. The minimum Gasteiger partial charge on any atom is -0.489 e. The third-order valence-electron chi connectivity index (χ3n) is 3.04. The zero-order chi connectivity index (χ0) is 15.2. The van der Waals surface area contributed by atoms with Crippen LogP contribution in [0.25, 0.3) is 0 Å². The van der Waals surface area contributed by atoms with E-state index in [9.17, 15) is 9.59 Å². The molecule has 0 unspecified atom stereocenters. The van der Waals surface area contributed by atoms with Gasteiger partial charge in [0.25, 0.3) is 0 Å². The molecule has 4 nitrogen and oxygen atoms in total.